The lowest BCUT2D eigenvalue weighted by Crippen LogP contribution is -2.10. The molecule has 0 amide bonds. The monoisotopic (exact) mass is 357 g/mol. The van der Waals surface area contributed by atoms with Crippen LogP contribution in [0.15, 0.2) is 76.9 Å². The quantitative estimate of drug-likeness (QED) is 0.377. The largest absolute Gasteiger partial charge is 0.304 e. The van der Waals surface area contributed by atoms with Crippen molar-refractivity contribution >= 4 is 36.6 Å². The summed E-state index contributed by atoms with van der Waals surface area (Å²) >= 11 is 1.65. The standard InChI is InChI=1S/C21H20BN3S/c1-25(2)15-18-13-19(22)20(26-18)14-23-24-21(16-9-5-3-6-10-16)17-11-7-4-8-12-17/h3-14H,15H2,1-2H3/b23-14+. The van der Waals surface area contributed by atoms with E-state index in [1.807, 2.05) is 80.8 Å². The Morgan fingerprint density at radius 2 is 1.58 bits per heavy atom. The molecule has 0 aliphatic rings. The fraction of sp³-hybridized carbons (Fsp3) is 0.143. The lowest BCUT2D eigenvalue weighted by Gasteiger charge is -2.05. The maximum atomic E-state index is 6.11. The van der Waals surface area contributed by atoms with Crippen molar-refractivity contribution in [2.75, 3.05) is 14.1 Å². The van der Waals surface area contributed by atoms with E-state index < -0.39 is 0 Å². The number of hydrogen-bond acceptors (Lipinski definition) is 4. The maximum absolute atomic E-state index is 6.11. The van der Waals surface area contributed by atoms with E-state index in [-0.39, 0.29) is 0 Å². The molecule has 0 saturated carbocycles. The SMILES string of the molecule is [B]c1cc(CN(C)C)sc1/C=N/N=C(c1ccccc1)c1ccccc1. The van der Waals surface area contributed by atoms with Crippen LogP contribution < -0.4 is 5.46 Å². The third-order valence-electron chi connectivity index (χ3n) is 3.74. The average Bonchev–Trinajstić information content (AvgIpc) is 2.98. The van der Waals surface area contributed by atoms with Crippen molar-refractivity contribution in [3.63, 3.8) is 0 Å². The van der Waals surface area contributed by atoms with E-state index in [4.69, 9.17) is 7.85 Å². The minimum absolute atomic E-state index is 0.742. The molecule has 26 heavy (non-hydrogen) atoms. The summed E-state index contributed by atoms with van der Waals surface area (Å²) in [5.74, 6) is 0. The van der Waals surface area contributed by atoms with Gasteiger partial charge in [-0.2, -0.15) is 5.10 Å². The van der Waals surface area contributed by atoms with Crippen LogP contribution in [0.2, 0.25) is 0 Å². The zero-order chi connectivity index (χ0) is 18.4. The van der Waals surface area contributed by atoms with Gasteiger partial charge in [0.1, 0.15) is 13.6 Å². The van der Waals surface area contributed by atoms with Crippen LogP contribution in [0.5, 0.6) is 0 Å². The molecule has 3 nitrogen and oxygen atoms in total. The summed E-state index contributed by atoms with van der Waals surface area (Å²) < 4.78 is 0. The van der Waals surface area contributed by atoms with Crippen LogP contribution in [0.4, 0.5) is 0 Å². The molecule has 1 heterocycles. The highest BCUT2D eigenvalue weighted by molar-refractivity contribution is 7.14. The topological polar surface area (TPSA) is 28.0 Å². The van der Waals surface area contributed by atoms with Gasteiger partial charge in [-0.1, -0.05) is 72.2 Å². The van der Waals surface area contributed by atoms with Crippen LogP contribution in [0.3, 0.4) is 0 Å². The van der Waals surface area contributed by atoms with Crippen LogP contribution >= 0.6 is 11.3 Å². The molecular formula is C21H20BN3S. The average molecular weight is 357 g/mol. The molecule has 0 bridgehead atoms. The highest BCUT2D eigenvalue weighted by Gasteiger charge is 2.07. The van der Waals surface area contributed by atoms with Crippen molar-refractivity contribution in [2.45, 2.75) is 6.54 Å². The molecule has 0 fully saturated rings. The van der Waals surface area contributed by atoms with Gasteiger partial charge in [-0.15, -0.1) is 16.4 Å². The second-order valence-electron chi connectivity index (χ2n) is 6.20. The third kappa shape index (κ3) is 4.78. The van der Waals surface area contributed by atoms with E-state index >= 15 is 0 Å². The molecule has 0 saturated heterocycles. The van der Waals surface area contributed by atoms with Crippen molar-refractivity contribution in [2.24, 2.45) is 10.2 Å². The molecule has 3 aromatic rings. The minimum atomic E-state index is 0.742. The molecule has 0 aliphatic carbocycles. The van der Waals surface area contributed by atoms with Crippen molar-refractivity contribution in [1.82, 2.24) is 4.90 Å². The Kier molecular flexibility index (Phi) is 6.15. The second-order valence-corrected chi connectivity index (χ2v) is 7.36. The molecule has 0 N–H and O–H groups in total. The Morgan fingerprint density at radius 1 is 1.00 bits per heavy atom. The van der Waals surface area contributed by atoms with E-state index in [1.165, 1.54) is 4.88 Å². The highest BCUT2D eigenvalue weighted by atomic mass is 32.1. The second kappa shape index (κ2) is 8.74. The van der Waals surface area contributed by atoms with E-state index in [0.29, 0.717) is 0 Å². The number of thiophene rings is 1. The summed E-state index contributed by atoms with van der Waals surface area (Å²) in [5.41, 5.74) is 3.64. The Hall–Kier alpha value is -2.50. The van der Waals surface area contributed by atoms with Crippen molar-refractivity contribution in [3.05, 3.63) is 87.6 Å². The first-order valence-electron chi connectivity index (χ1n) is 8.38. The van der Waals surface area contributed by atoms with Gasteiger partial charge in [0.2, 0.25) is 0 Å². The van der Waals surface area contributed by atoms with E-state index in [0.717, 1.165) is 33.7 Å². The zero-order valence-electron chi connectivity index (χ0n) is 15.0. The first-order valence-corrected chi connectivity index (χ1v) is 9.20. The van der Waals surface area contributed by atoms with Gasteiger partial charge in [0.15, 0.2) is 0 Å². The number of rotatable bonds is 6. The van der Waals surface area contributed by atoms with Crippen molar-refractivity contribution in [3.8, 4) is 0 Å². The summed E-state index contributed by atoms with van der Waals surface area (Å²) in [4.78, 5) is 4.27. The highest BCUT2D eigenvalue weighted by Crippen LogP contribution is 2.14. The lowest BCUT2D eigenvalue weighted by atomic mass is 9.97. The molecule has 5 heteroatoms. The molecule has 3 rings (SSSR count). The molecular weight excluding hydrogens is 337 g/mol. The summed E-state index contributed by atoms with van der Waals surface area (Å²) in [6.45, 7) is 0.866. The maximum Gasteiger partial charge on any atom is 0.115 e. The van der Waals surface area contributed by atoms with Gasteiger partial charge in [-0.25, -0.2) is 0 Å². The summed E-state index contributed by atoms with van der Waals surface area (Å²) in [6.07, 6.45) is 1.74. The number of hydrogen-bond donors (Lipinski definition) is 0. The minimum Gasteiger partial charge on any atom is -0.304 e. The summed E-state index contributed by atoms with van der Waals surface area (Å²) in [5, 5.41) is 8.83. The Balaban J connectivity index is 1.90. The summed E-state index contributed by atoms with van der Waals surface area (Å²) in [7, 11) is 10.2. The molecule has 0 spiro atoms. The molecule has 0 atom stereocenters. The lowest BCUT2D eigenvalue weighted by molar-refractivity contribution is 0.406. The molecule has 1 aromatic heterocycles. The van der Waals surface area contributed by atoms with Crippen molar-refractivity contribution < 1.29 is 0 Å². The van der Waals surface area contributed by atoms with Gasteiger partial charge in [0, 0.05) is 27.4 Å². The Bertz CT molecular complexity index is 858. The van der Waals surface area contributed by atoms with Gasteiger partial charge in [0.25, 0.3) is 0 Å². The molecule has 128 valence electrons. The van der Waals surface area contributed by atoms with E-state index in [1.54, 1.807) is 17.6 Å². The third-order valence-corrected chi connectivity index (χ3v) is 4.81. The van der Waals surface area contributed by atoms with Gasteiger partial charge >= 0.3 is 0 Å². The van der Waals surface area contributed by atoms with Crippen molar-refractivity contribution in [1.29, 1.82) is 0 Å². The van der Waals surface area contributed by atoms with Crippen LogP contribution in [-0.4, -0.2) is 38.8 Å². The fourth-order valence-corrected chi connectivity index (χ4v) is 3.65. The Labute approximate surface area is 160 Å². The van der Waals surface area contributed by atoms with Gasteiger partial charge in [0.05, 0.1) is 6.21 Å². The fourth-order valence-electron chi connectivity index (χ4n) is 2.58. The number of benzene rings is 2. The smallest absolute Gasteiger partial charge is 0.115 e. The van der Waals surface area contributed by atoms with Gasteiger partial charge in [-0.05, 0) is 14.1 Å². The van der Waals surface area contributed by atoms with Gasteiger partial charge in [-0.3, -0.25) is 0 Å². The van der Waals surface area contributed by atoms with E-state index in [9.17, 15) is 0 Å². The molecule has 0 aliphatic heterocycles. The molecule has 0 unspecified atom stereocenters. The predicted molar refractivity (Wildman–Crippen MR) is 113 cm³/mol. The van der Waals surface area contributed by atoms with E-state index in [2.05, 4.69) is 15.1 Å². The van der Waals surface area contributed by atoms with Gasteiger partial charge < -0.3 is 4.90 Å². The number of nitrogens with zero attached hydrogens (tertiary/aromatic N) is 3. The first-order chi connectivity index (χ1) is 12.6. The summed E-state index contributed by atoms with van der Waals surface area (Å²) in [6, 6.07) is 22.2. The predicted octanol–water partition coefficient (Wildman–Crippen LogP) is 3.48. The first kappa shape index (κ1) is 18.3. The zero-order valence-corrected chi connectivity index (χ0v) is 15.8. The van der Waals surface area contributed by atoms with Crippen LogP contribution in [0.25, 0.3) is 0 Å². The molecule has 2 aromatic carbocycles. The normalized spacial score (nSPS) is 11.2. The van der Waals surface area contributed by atoms with Crippen LogP contribution in [-0.2, 0) is 6.54 Å². The molecule has 2 radical (unpaired) electrons. The Morgan fingerprint density at radius 3 is 2.12 bits per heavy atom. The van der Waals surface area contributed by atoms with Crippen LogP contribution in [0.1, 0.15) is 20.9 Å². The van der Waals surface area contributed by atoms with Crippen LogP contribution in [0, 0.1) is 0 Å².